The van der Waals surface area contributed by atoms with Crippen LogP contribution in [0.25, 0.3) is 0 Å². The predicted molar refractivity (Wildman–Crippen MR) is 115 cm³/mol. The Balaban J connectivity index is 1.66. The van der Waals surface area contributed by atoms with Gasteiger partial charge in [0.05, 0.1) is 16.8 Å². The molecule has 0 saturated carbocycles. The van der Waals surface area contributed by atoms with E-state index >= 15 is 0 Å². The zero-order valence-corrected chi connectivity index (χ0v) is 17.5. The first-order valence-corrected chi connectivity index (χ1v) is 10.5. The van der Waals surface area contributed by atoms with Crippen LogP contribution >= 0.6 is 35.1 Å². The highest BCUT2D eigenvalue weighted by atomic mass is 35.5. The SMILES string of the molecule is CC(N=C1SC(=C2Sc3ccc(Cl)cc3N2C)C(=O)N1C)c1ccccc1. The van der Waals surface area contributed by atoms with E-state index in [1.54, 1.807) is 23.7 Å². The van der Waals surface area contributed by atoms with E-state index in [2.05, 4.69) is 12.1 Å². The summed E-state index contributed by atoms with van der Waals surface area (Å²) in [4.78, 5) is 23.1. The van der Waals surface area contributed by atoms with Crippen LogP contribution < -0.4 is 4.90 Å². The number of aliphatic imine (C=N–C) groups is 1. The van der Waals surface area contributed by atoms with Gasteiger partial charge < -0.3 is 4.90 Å². The van der Waals surface area contributed by atoms with Gasteiger partial charge in [0, 0.05) is 24.0 Å². The predicted octanol–water partition coefficient (Wildman–Crippen LogP) is 5.37. The number of rotatable bonds is 2. The number of hydrogen-bond acceptors (Lipinski definition) is 5. The fraction of sp³-hybridized carbons (Fsp3) is 0.200. The van der Waals surface area contributed by atoms with E-state index in [1.807, 2.05) is 55.3 Å². The smallest absolute Gasteiger partial charge is 0.269 e. The van der Waals surface area contributed by atoms with Gasteiger partial charge in [-0.2, -0.15) is 0 Å². The lowest BCUT2D eigenvalue weighted by Gasteiger charge is -2.14. The van der Waals surface area contributed by atoms with Gasteiger partial charge >= 0.3 is 0 Å². The summed E-state index contributed by atoms with van der Waals surface area (Å²) in [6.45, 7) is 2.04. The highest BCUT2D eigenvalue weighted by molar-refractivity contribution is 8.19. The molecule has 2 aliphatic rings. The summed E-state index contributed by atoms with van der Waals surface area (Å²) in [5, 5.41) is 2.34. The van der Waals surface area contributed by atoms with E-state index in [9.17, 15) is 4.79 Å². The maximum atomic E-state index is 12.9. The van der Waals surface area contributed by atoms with E-state index < -0.39 is 0 Å². The third-order valence-corrected chi connectivity index (χ3v) is 7.29. The Kier molecular flexibility index (Phi) is 4.97. The van der Waals surface area contributed by atoms with Crippen LogP contribution in [0.1, 0.15) is 18.5 Å². The first-order valence-electron chi connectivity index (χ1n) is 8.50. The largest absolute Gasteiger partial charge is 0.337 e. The molecule has 0 bridgehead atoms. The number of benzene rings is 2. The molecule has 1 atom stereocenters. The molecule has 2 heterocycles. The lowest BCUT2D eigenvalue weighted by atomic mass is 10.1. The minimum absolute atomic E-state index is 0.0155. The van der Waals surface area contributed by atoms with Crippen LogP contribution in [0.2, 0.25) is 5.02 Å². The van der Waals surface area contributed by atoms with Crippen LogP contribution in [-0.4, -0.2) is 30.1 Å². The maximum Gasteiger partial charge on any atom is 0.269 e. The van der Waals surface area contributed by atoms with Gasteiger partial charge in [0.2, 0.25) is 0 Å². The van der Waals surface area contributed by atoms with Gasteiger partial charge in [0.25, 0.3) is 5.91 Å². The molecule has 1 unspecified atom stereocenters. The number of amides is 1. The first-order chi connectivity index (χ1) is 13.0. The summed E-state index contributed by atoms with van der Waals surface area (Å²) in [6, 6.07) is 15.9. The van der Waals surface area contributed by atoms with E-state index in [-0.39, 0.29) is 11.9 Å². The number of halogens is 1. The van der Waals surface area contributed by atoms with Crippen molar-refractivity contribution in [3.8, 4) is 0 Å². The lowest BCUT2D eigenvalue weighted by molar-refractivity contribution is -0.121. The van der Waals surface area contributed by atoms with E-state index in [0.29, 0.717) is 9.93 Å². The summed E-state index contributed by atoms with van der Waals surface area (Å²) < 4.78 is 0. The Morgan fingerprint density at radius 3 is 2.52 bits per heavy atom. The fourth-order valence-corrected chi connectivity index (χ4v) is 5.52. The molecule has 2 aromatic rings. The zero-order chi connectivity index (χ0) is 19.1. The van der Waals surface area contributed by atoms with E-state index in [4.69, 9.17) is 16.6 Å². The average molecular weight is 416 g/mol. The highest BCUT2D eigenvalue weighted by Crippen LogP contribution is 2.50. The van der Waals surface area contributed by atoms with Crippen molar-refractivity contribution in [3.63, 3.8) is 0 Å². The van der Waals surface area contributed by atoms with Crippen LogP contribution in [-0.2, 0) is 4.79 Å². The van der Waals surface area contributed by atoms with Crippen molar-refractivity contribution in [1.82, 2.24) is 4.90 Å². The van der Waals surface area contributed by atoms with Gasteiger partial charge in [-0.15, -0.1) is 0 Å². The topological polar surface area (TPSA) is 35.9 Å². The van der Waals surface area contributed by atoms with Crippen LogP contribution in [0.3, 0.4) is 0 Å². The maximum absolute atomic E-state index is 12.9. The molecule has 1 saturated heterocycles. The number of anilines is 1. The van der Waals surface area contributed by atoms with Gasteiger partial charge in [0.15, 0.2) is 5.17 Å². The Morgan fingerprint density at radius 2 is 1.78 bits per heavy atom. The molecular formula is C20H18ClN3OS2. The molecule has 4 rings (SSSR count). The fourth-order valence-electron chi connectivity index (χ4n) is 2.98. The first kappa shape index (κ1) is 18.5. The third kappa shape index (κ3) is 3.37. The Labute approximate surface area is 172 Å². The van der Waals surface area contributed by atoms with Gasteiger partial charge in [-0.1, -0.05) is 53.7 Å². The lowest BCUT2D eigenvalue weighted by Crippen LogP contribution is -2.25. The van der Waals surface area contributed by atoms with Crippen molar-refractivity contribution in [2.75, 3.05) is 19.0 Å². The molecule has 1 fully saturated rings. The van der Waals surface area contributed by atoms with Crippen molar-refractivity contribution in [2.24, 2.45) is 4.99 Å². The van der Waals surface area contributed by atoms with Crippen LogP contribution in [0.4, 0.5) is 5.69 Å². The molecule has 0 aromatic heterocycles. The monoisotopic (exact) mass is 415 g/mol. The molecule has 2 aliphatic heterocycles. The molecule has 27 heavy (non-hydrogen) atoms. The number of nitrogens with zero attached hydrogens (tertiary/aromatic N) is 3. The molecule has 1 amide bonds. The molecule has 0 spiro atoms. The standard InChI is InChI=1S/C20H18ClN3OS2/c1-12(13-7-5-4-6-8-13)22-20-24(3)18(25)17(27-20)19-23(2)15-11-14(21)9-10-16(15)26-19/h4-12H,1-3H3. The minimum Gasteiger partial charge on any atom is -0.337 e. The van der Waals surface area contributed by atoms with E-state index in [1.165, 1.54) is 11.8 Å². The minimum atomic E-state index is -0.0211. The molecule has 7 heteroatoms. The number of carbonyl (C=O) groups is 1. The molecule has 0 aliphatic carbocycles. The molecule has 4 nitrogen and oxygen atoms in total. The van der Waals surface area contributed by atoms with Crippen LogP contribution in [0.5, 0.6) is 0 Å². The van der Waals surface area contributed by atoms with Crippen molar-refractivity contribution in [1.29, 1.82) is 0 Å². The van der Waals surface area contributed by atoms with Crippen molar-refractivity contribution in [3.05, 3.63) is 69.1 Å². The summed E-state index contributed by atoms with van der Waals surface area (Å²) in [5.74, 6) is -0.0211. The second-order valence-electron chi connectivity index (χ2n) is 6.37. The number of likely N-dealkylation sites (N-methyl/N-ethyl adjacent to an activating group) is 1. The normalized spacial score (nSPS) is 21.9. The third-order valence-electron chi connectivity index (χ3n) is 4.55. The molecular weight excluding hydrogens is 398 g/mol. The van der Waals surface area contributed by atoms with Crippen molar-refractivity contribution >= 4 is 51.9 Å². The summed E-state index contributed by atoms with van der Waals surface area (Å²) in [6.07, 6.45) is 0. The molecule has 0 N–H and O–H groups in total. The summed E-state index contributed by atoms with van der Waals surface area (Å²) >= 11 is 9.17. The number of amidine groups is 1. The zero-order valence-electron chi connectivity index (χ0n) is 15.1. The summed E-state index contributed by atoms with van der Waals surface area (Å²) in [7, 11) is 3.75. The Bertz CT molecular complexity index is 974. The Morgan fingerprint density at radius 1 is 1.04 bits per heavy atom. The van der Waals surface area contributed by atoms with Crippen LogP contribution in [0, 0.1) is 0 Å². The number of thioether (sulfide) groups is 2. The number of hydrogen-bond donors (Lipinski definition) is 0. The van der Waals surface area contributed by atoms with E-state index in [0.717, 1.165) is 26.3 Å². The molecule has 138 valence electrons. The van der Waals surface area contributed by atoms with Crippen LogP contribution in [0.15, 0.2) is 68.4 Å². The second kappa shape index (κ2) is 7.26. The number of fused-ring (bicyclic) bond motifs is 1. The van der Waals surface area contributed by atoms with Gasteiger partial charge in [-0.25, -0.2) is 0 Å². The average Bonchev–Trinajstić information content (AvgIpc) is 3.14. The highest BCUT2D eigenvalue weighted by Gasteiger charge is 2.37. The van der Waals surface area contributed by atoms with Gasteiger partial charge in [-0.3, -0.25) is 14.7 Å². The van der Waals surface area contributed by atoms with Gasteiger partial charge in [0.1, 0.15) is 4.91 Å². The molecule has 0 radical (unpaired) electrons. The Hall–Kier alpha value is -1.89. The summed E-state index contributed by atoms with van der Waals surface area (Å²) in [5.41, 5.74) is 2.15. The van der Waals surface area contributed by atoms with Crippen molar-refractivity contribution in [2.45, 2.75) is 17.9 Å². The second-order valence-corrected chi connectivity index (χ2v) is 8.82. The number of carbonyl (C=O) groups excluding carboxylic acids is 1. The molecule has 2 aromatic carbocycles. The van der Waals surface area contributed by atoms with Crippen molar-refractivity contribution < 1.29 is 4.79 Å². The quantitative estimate of drug-likeness (QED) is 0.617. The van der Waals surface area contributed by atoms with Gasteiger partial charge in [-0.05, 0) is 42.4 Å².